The molecule has 0 heterocycles. The van der Waals surface area contributed by atoms with E-state index in [1.807, 2.05) is 24.3 Å². The highest BCUT2D eigenvalue weighted by molar-refractivity contribution is 5.91. The van der Waals surface area contributed by atoms with Gasteiger partial charge in [0, 0.05) is 24.8 Å². The van der Waals surface area contributed by atoms with Gasteiger partial charge in [-0.3, -0.25) is 4.79 Å². The van der Waals surface area contributed by atoms with E-state index in [0.29, 0.717) is 12.6 Å². The van der Waals surface area contributed by atoms with Gasteiger partial charge in [-0.05, 0) is 50.9 Å². The first-order valence-electron chi connectivity index (χ1n) is 7.84. The lowest BCUT2D eigenvalue weighted by Crippen LogP contribution is -2.41. The van der Waals surface area contributed by atoms with Crippen molar-refractivity contribution >= 4 is 11.6 Å². The zero-order chi connectivity index (χ0) is 15.5. The first-order chi connectivity index (χ1) is 9.99. The Labute approximate surface area is 127 Å². The van der Waals surface area contributed by atoms with Gasteiger partial charge in [0.25, 0.3) is 0 Å². The van der Waals surface area contributed by atoms with Gasteiger partial charge in [0.05, 0.1) is 5.41 Å². The molecule has 1 aromatic carbocycles. The molecular formula is C17H27N3O. The standard InChI is InChI=1S/C17H27N3O/c1-4-13(2)20(3)12-11-19-16(21)17(9-10-17)14-5-7-15(18)8-6-14/h5-8,13H,4,9-12,18H2,1-3H3,(H,19,21). The summed E-state index contributed by atoms with van der Waals surface area (Å²) in [5.74, 6) is 0.157. The predicted molar refractivity (Wildman–Crippen MR) is 87.2 cm³/mol. The molecular weight excluding hydrogens is 262 g/mol. The molecule has 0 spiro atoms. The molecule has 1 atom stereocenters. The Morgan fingerprint density at radius 1 is 1.38 bits per heavy atom. The lowest BCUT2D eigenvalue weighted by Gasteiger charge is -2.24. The molecule has 1 saturated carbocycles. The average Bonchev–Trinajstić information content (AvgIpc) is 3.28. The van der Waals surface area contributed by atoms with E-state index < -0.39 is 0 Å². The summed E-state index contributed by atoms with van der Waals surface area (Å²) in [5.41, 5.74) is 7.24. The molecule has 3 N–H and O–H groups in total. The molecule has 0 aromatic heterocycles. The number of likely N-dealkylation sites (N-methyl/N-ethyl adjacent to an activating group) is 1. The van der Waals surface area contributed by atoms with E-state index >= 15 is 0 Å². The molecule has 1 fully saturated rings. The van der Waals surface area contributed by atoms with Crippen LogP contribution in [0.25, 0.3) is 0 Å². The minimum Gasteiger partial charge on any atom is -0.399 e. The van der Waals surface area contributed by atoms with Crippen LogP contribution in [0.5, 0.6) is 0 Å². The molecule has 0 bridgehead atoms. The first-order valence-corrected chi connectivity index (χ1v) is 7.84. The number of nitrogens with zero attached hydrogens (tertiary/aromatic N) is 1. The maximum absolute atomic E-state index is 12.5. The summed E-state index contributed by atoms with van der Waals surface area (Å²) < 4.78 is 0. The van der Waals surface area contributed by atoms with Crippen LogP contribution in [0.15, 0.2) is 24.3 Å². The number of anilines is 1. The Hall–Kier alpha value is -1.55. The summed E-state index contributed by atoms with van der Waals surface area (Å²) in [6.45, 7) is 5.98. The normalized spacial score (nSPS) is 17.5. The summed E-state index contributed by atoms with van der Waals surface area (Å²) in [6, 6.07) is 8.26. The van der Waals surface area contributed by atoms with Crippen LogP contribution in [0.4, 0.5) is 5.69 Å². The Balaban J connectivity index is 1.87. The zero-order valence-electron chi connectivity index (χ0n) is 13.4. The van der Waals surface area contributed by atoms with Gasteiger partial charge in [-0.2, -0.15) is 0 Å². The fourth-order valence-corrected chi connectivity index (χ4v) is 2.62. The fraction of sp³-hybridized carbons (Fsp3) is 0.588. The van der Waals surface area contributed by atoms with Crippen LogP contribution in [0.2, 0.25) is 0 Å². The number of benzene rings is 1. The largest absolute Gasteiger partial charge is 0.399 e. The quantitative estimate of drug-likeness (QED) is 0.756. The molecule has 0 radical (unpaired) electrons. The highest BCUT2D eigenvalue weighted by Crippen LogP contribution is 2.48. The Morgan fingerprint density at radius 3 is 2.52 bits per heavy atom. The van der Waals surface area contributed by atoms with Crippen molar-refractivity contribution in [2.24, 2.45) is 0 Å². The van der Waals surface area contributed by atoms with Crippen LogP contribution in [0.3, 0.4) is 0 Å². The average molecular weight is 289 g/mol. The van der Waals surface area contributed by atoms with Gasteiger partial charge in [0.1, 0.15) is 0 Å². The molecule has 1 aromatic rings. The highest BCUT2D eigenvalue weighted by Gasteiger charge is 2.50. The summed E-state index contributed by atoms with van der Waals surface area (Å²) in [7, 11) is 2.10. The van der Waals surface area contributed by atoms with Gasteiger partial charge in [-0.1, -0.05) is 19.1 Å². The monoisotopic (exact) mass is 289 g/mol. The third-order valence-corrected chi connectivity index (χ3v) is 4.74. The van der Waals surface area contributed by atoms with E-state index in [-0.39, 0.29) is 11.3 Å². The van der Waals surface area contributed by atoms with Gasteiger partial charge >= 0.3 is 0 Å². The van der Waals surface area contributed by atoms with Crippen molar-refractivity contribution in [1.82, 2.24) is 10.2 Å². The van der Waals surface area contributed by atoms with Gasteiger partial charge in [0.15, 0.2) is 0 Å². The van der Waals surface area contributed by atoms with E-state index in [2.05, 4.69) is 31.1 Å². The maximum atomic E-state index is 12.5. The second-order valence-corrected chi connectivity index (χ2v) is 6.20. The molecule has 1 unspecified atom stereocenters. The summed E-state index contributed by atoms with van der Waals surface area (Å²) >= 11 is 0. The van der Waals surface area contributed by atoms with Gasteiger partial charge in [0.2, 0.25) is 5.91 Å². The minimum absolute atomic E-state index is 0.157. The summed E-state index contributed by atoms with van der Waals surface area (Å²) in [4.78, 5) is 14.8. The van der Waals surface area contributed by atoms with Crippen molar-refractivity contribution in [2.45, 2.75) is 44.6 Å². The fourth-order valence-electron chi connectivity index (χ4n) is 2.62. The van der Waals surface area contributed by atoms with Crippen molar-refractivity contribution in [3.8, 4) is 0 Å². The molecule has 4 nitrogen and oxygen atoms in total. The zero-order valence-corrected chi connectivity index (χ0v) is 13.4. The summed E-state index contributed by atoms with van der Waals surface area (Å²) in [5, 5.41) is 3.10. The van der Waals surface area contributed by atoms with E-state index in [1.165, 1.54) is 0 Å². The van der Waals surface area contributed by atoms with Crippen molar-refractivity contribution < 1.29 is 4.79 Å². The third-order valence-electron chi connectivity index (χ3n) is 4.74. The van der Waals surface area contributed by atoms with Gasteiger partial charge in [-0.25, -0.2) is 0 Å². The number of nitrogens with one attached hydrogen (secondary N) is 1. The van der Waals surface area contributed by atoms with E-state index in [0.717, 1.165) is 37.1 Å². The van der Waals surface area contributed by atoms with Crippen LogP contribution in [-0.2, 0) is 10.2 Å². The number of hydrogen-bond donors (Lipinski definition) is 2. The first kappa shape index (κ1) is 15.8. The number of rotatable bonds is 7. The highest BCUT2D eigenvalue weighted by atomic mass is 16.2. The predicted octanol–water partition coefficient (Wildman–Crippen LogP) is 2.15. The van der Waals surface area contributed by atoms with Crippen molar-refractivity contribution in [3.05, 3.63) is 29.8 Å². The number of nitrogen functional groups attached to an aromatic ring is 1. The number of nitrogens with two attached hydrogens (primary N) is 1. The van der Waals surface area contributed by atoms with Crippen LogP contribution >= 0.6 is 0 Å². The second kappa shape index (κ2) is 6.48. The lowest BCUT2D eigenvalue weighted by molar-refractivity contribution is -0.123. The number of carbonyl (C=O) groups excluding carboxylic acids is 1. The van der Waals surface area contributed by atoms with E-state index in [4.69, 9.17) is 5.73 Å². The van der Waals surface area contributed by atoms with Gasteiger partial charge in [-0.15, -0.1) is 0 Å². The Bertz CT molecular complexity index is 479. The smallest absolute Gasteiger partial charge is 0.230 e. The Kier molecular flexibility index (Phi) is 4.88. The molecule has 0 aliphatic heterocycles. The van der Waals surface area contributed by atoms with Gasteiger partial charge < -0.3 is 16.0 Å². The molecule has 0 saturated heterocycles. The van der Waals surface area contributed by atoms with Crippen LogP contribution in [0, 0.1) is 0 Å². The van der Waals surface area contributed by atoms with Crippen LogP contribution < -0.4 is 11.1 Å². The third kappa shape index (κ3) is 3.56. The van der Waals surface area contributed by atoms with Crippen LogP contribution in [-0.4, -0.2) is 37.0 Å². The molecule has 2 rings (SSSR count). The lowest BCUT2D eigenvalue weighted by atomic mass is 9.95. The molecule has 1 aliphatic carbocycles. The molecule has 4 heteroatoms. The topological polar surface area (TPSA) is 58.4 Å². The van der Waals surface area contributed by atoms with Crippen LogP contribution in [0.1, 0.15) is 38.7 Å². The molecule has 1 amide bonds. The number of carbonyl (C=O) groups is 1. The second-order valence-electron chi connectivity index (χ2n) is 6.20. The SMILES string of the molecule is CCC(C)N(C)CCNC(=O)C1(c2ccc(N)cc2)CC1. The molecule has 116 valence electrons. The number of hydrogen-bond acceptors (Lipinski definition) is 3. The minimum atomic E-state index is -0.303. The molecule has 21 heavy (non-hydrogen) atoms. The van der Waals surface area contributed by atoms with Crippen molar-refractivity contribution in [3.63, 3.8) is 0 Å². The Morgan fingerprint density at radius 2 is 2.00 bits per heavy atom. The number of amides is 1. The van der Waals surface area contributed by atoms with E-state index in [1.54, 1.807) is 0 Å². The summed E-state index contributed by atoms with van der Waals surface area (Å²) in [6.07, 6.45) is 2.99. The van der Waals surface area contributed by atoms with Crippen molar-refractivity contribution in [2.75, 3.05) is 25.9 Å². The van der Waals surface area contributed by atoms with E-state index in [9.17, 15) is 4.79 Å². The van der Waals surface area contributed by atoms with Crippen molar-refractivity contribution in [1.29, 1.82) is 0 Å². The molecule has 1 aliphatic rings. The maximum Gasteiger partial charge on any atom is 0.230 e.